The summed E-state index contributed by atoms with van der Waals surface area (Å²) in [5, 5.41) is 2.52. The molecule has 0 spiro atoms. The maximum Gasteiger partial charge on any atom is 0.412 e. The van der Waals surface area contributed by atoms with E-state index < -0.39 is 17.7 Å². The second-order valence-corrected chi connectivity index (χ2v) is 6.13. The molecule has 0 aliphatic carbocycles. The molecule has 0 aliphatic rings. The smallest absolute Gasteiger partial charge is 0.412 e. The first-order valence-corrected chi connectivity index (χ1v) is 7.43. The Morgan fingerprint density at radius 3 is 2.54 bits per heavy atom. The van der Waals surface area contributed by atoms with E-state index in [1.807, 2.05) is 0 Å². The largest absolute Gasteiger partial charge is 0.459 e. The highest BCUT2D eigenvalue weighted by Gasteiger charge is 2.17. The highest BCUT2D eigenvalue weighted by atomic mass is 16.6. The van der Waals surface area contributed by atoms with Crippen LogP contribution in [0.2, 0.25) is 0 Å². The van der Waals surface area contributed by atoms with Gasteiger partial charge in [-0.15, -0.1) is 0 Å². The van der Waals surface area contributed by atoms with E-state index in [1.165, 1.54) is 30.2 Å². The lowest BCUT2D eigenvalue weighted by molar-refractivity contribution is -0.128. The molecule has 1 heterocycles. The second-order valence-electron chi connectivity index (χ2n) is 6.13. The molecule has 0 unspecified atom stereocenters. The van der Waals surface area contributed by atoms with Crippen molar-refractivity contribution < 1.29 is 23.9 Å². The number of anilines is 1. The lowest BCUT2D eigenvalue weighted by atomic mass is 10.2. The zero-order valence-corrected chi connectivity index (χ0v) is 14.6. The molecule has 0 saturated carbocycles. The first kappa shape index (κ1) is 19.4. The van der Waals surface area contributed by atoms with Gasteiger partial charge in [-0.05, 0) is 32.9 Å². The first-order valence-electron chi connectivity index (χ1n) is 7.43. The van der Waals surface area contributed by atoms with Crippen LogP contribution in [0.25, 0.3) is 0 Å². The molecule has 132 valence electrons. The van der Waals surface area contributed by atoms with E-state index in [4.69, 9.17) is 9.47 Å². The molecule has 24 heavy (non-hydrogen) atoms. The van der Waals surface area contributed by atoms with Crippen LogP contribution in [0.15, 0.2) is 18.3 Å². The predicted molar refractivity (Wildman–Crippen MR) is 87.7 cm³/mol. The normalized spacial score (nSPS) is 10.7. The number of rotatable bonds is 5. The number of carbonyl (C=O) groups excluding carboxylic acids is 3. The van der Waals surface area contributed by atoms with E-state index in [9.17, 15) is 14.4 Å². The van der Waals surface area contributed by atoms with Crippen LogP contribution in [-0.4, -0.2) is 53.7 Å². The van der Waals surface area contributed by atoms with Crippen LogP contribution in [0.1, 0.15) is 38.2 Å². The van der Waals surface area contributed by atoms with Crippen LogP contribution in [0, 0.1) is 0 Å². The molecule has 1 rings (SSSR count). The third-order valence-electron chi connectivity index (χ3n) is 2.81. The molecule has 0 bridgehead atoms. The molecule has 0 aromatic carbocycles. The van der Waals surface area contributed by atoms with Gasteiger partial charge in [0, 0.05) is 25.9 Å². The number of carbonyl (C=O) groups is 3. The minimum Gasteiger partial charge on any atom is -0.459 e. The van der Waals surface area contributed by atoms with Crippen molar-refractivity contribution >= 4 is 23.7 Å². The molecular weight excluding hydrogens is 314 g/mol. The van der Waals surface area contributed by atoms with Crippen molar-refractivity contribution in [2.45, 2.75) is 33.3 Å². The van der Waals surface area contributed by atoms with Crippen LogP contribution in [0.5, 0.6) is 0 Å². The third kappa shape index (κ3) is 7.08. The maximum atomic E-state index is 11.9. The molecule has 0 radical (unpaired) electrons. The SMILES string of the molecule is CC(=O)N(C)CCOC(=O)c1cc(NC(=O)OC(C)(C)C)ccn1. The monoisotopic (exact) mass is 337 g/mol. The van der Waals surface area contributed by atoms with Gasteiger partial charge in [-0.1, -0.05) is 0 Å². The minimum atomic E-state index is -0.639. The van der Waals surface area contributed by atoms with Crippen molar-refractivity contribution in [3.05, 3.63) is 24.0 Å². The summed E-state index contributed by atoms with van der Waals surface area (Å²) in [6.45, 7) is 7.02. The number of hydrogen-bond donors (Lipinski definition) is 1. The number of nitrogens with zero attached hydrogens (tertiary/aromatic N) is 2. The number of pyridine rings is 1. The summed E-state index contributed by atoms with van der Waals surface area (Å²) >= 11 is 0. The van der Waals surface area contributed by atoms with Gasteiger partial charge in [-0.3, -0.25) is 10.1 Å². The number of hydrogen-bond acceptors (Lipinski definition) is 6. The maximum absolute atomic E-state index is 11.9. The highest BCUT2D eigenvalue weighted by Crippen LogP contribution is 2.12. The Morgan fingerprint density at radius 2 is 1.96 bits per heavy atom. The summed E-state index contributed by atoms with van der Waals surface area (Å²) in [7, 11) is 1.61. The summed E-state index contributed by atoms with van der Waals surface area (Å²) in [4.78, 5) is 40.0. The molecule has 0 saturated heterocycles. The number of aromatic nitrogens is 1. The fraction of sp³-hybridized carbons (Fsp3) is 0.500. The Bertz CT molecular complexity index is 610. The van der Waals surface area contributed by atoms with Crippen LogP contribution >= 0.6 is 0 Å². The Hall–Kier alpha value is -2.64. The zero-order chi connectivity index (χ0) is 18.3. The molecule has 0 fully saturated rings. The van der Waals surface area contributed by atoms with Crippen molar-refractivity contribution in [2.24, 2.45) is 0 Å². The molecule has 8 nitrogen and oxygen atoms in total. The van der Waals surface area contributed by atoms with Gasteiger partial charge in [0.15, 0.2) is 0 Å². The van der Waals surface area contributed by atoms with Gasteiger partial charge >= 0.3 is 12.1 Å². The number of esters is 1. The van der Waals surface area contributed by atoms with Gasteiger partial charge in [0.25, 0.3) is 0 Å². The summed E-state index contributed by atoms with van der Waals surface area (Å²) < 4.78 is 10.2. The summed E-state index contributed by atoms with van der Waals surface area (Å²) in [6, 6.07) is 2.92. The molecule has 0 atom stereocenters. The summed E-state index contributed by atoms with van der Waals surface area (Å²) in [5.74, 6) is -0.757. The van der Waals surface area contributed by atoms with Gasteiger partial charge in [0.2, 0.25) is 5.91 Å². The molecule has 0 aliphatic heterocycles. The standard InChI is InChI=1S/C16H23N3O5/c1-11(20)19(5)8-9-23-14(21)13-10-12(6-7-17-13)18-15(22)24-16(2,3)4/h6-7,10H,8-9H2,1-5H3,(H,17,18,22). The Labute approximate surface area is 141 Å². The van der Waals surface area contributed by atoms with Gasteiger partial charge in [-0.25, -0.2) is 14.6 Å². The lowest BCUT2D eigenvalue weighted by Gasteiger charge is -2.19. The minimum absolute atomic E-state index is 0.0500. The van der Waals surface area contributed by atoms with Crippen molar-refractivity contribution in [1.82, 2.24) is 9.88 Å². The van der Waals surface area contributed by atoms with Crippen molar-refractivity contribution in [3.63, 3.8) is 0 Å². The van der Waals surface area contributed by atoms with Crippen LogP contribution in [0.3, 0.4) is 0 Å². The van der Waals surface area contributed by atoms with E-state index in [0.29, 0.717) is 5.69 Å². The predicted octanol–water partition coefficient (Wildman–Crippen LogP) is 2.06. The topological polar surface area (TPSA) is 97.8 Å². The average molecular weight is 337 g/mol. The Balaban J connectivity index is 2.59. The van der Waals surface area contributed by atoms with Crippen molar-refractivity contribution in [1.29, 1.82) is 0 Å². The number of likely N-dealkylation sites (N-methyl/N-ethyl adjacent to an activating group) is 1. The number of amides is 2. The van der Waals surface area contributed by atoms with Crippen LogP contribution in [-0.2, 0) is 14.3 Å². The van der Waals surface area contributed by atoms with E-state index in [-0.39, 0.29) is 24.8 Å². The van der Waals surface area contributed by atoms with Gasteiger partial charge in [0.05, 0.1) is 6.54 Å². The van der Waals surface area contributed by atoms with Gasteiger partial charge in [-0.2, -0.15) is 0 Å². The molecular formula is C16H23N3O5. The van der Waals surface area contributed by atoms with Crippen molar-refractivity contribution in [2.75, 3.05) is 25.5 Å². The molecule has 1 aromatic rings. The zero-order valence-electron chi connectivity index (χ0n) is 14.6. The number of nitrogens with one attached hydrogen (secondary N) is 1. The van der Waals surface area contributed by atoms with E-state index in [1.54, 1.807) is 27.8 Å². The fourth-order valence-electron chi connectivity index (χ4n) is 1.55. The summed E-state index contributed by atoms with van der Waals surface area (Å²) in [6.07, 6.45) is 0.751. The third-order valence-corrected chi connectivity index (χ3v) is 2.81. The molecule has 1 aromatic heterocycles. The van der Waals surface area contributed by atoms with E-state index >= 15 is 0 Å². The molecule has 2 amide bonds. The quantitative estimate of drug-likeness (QED) is 0.826. The number of ether oxygens (including phenoxy) is 2. The van der Waals surface area contributed by atoms with E-state index in [0.717, 1.165) is 0 Å². The first-order chi connectivity index (χ1) is 11.1. The van der Waals surface area contributed by atoms with Gasteiger partial charge in [0.1, 0.15) is 17.9 Å². The van der Waals surface area contributed by atoms with E-state index in [2.05, 4.69) is 10.3 Å². The molecule has 1 N–H and O–H groups in total. The second kappa shape index (κ2) is 8.28. The highest BCUT2D eigenvalue weighted by molar-refractivity contribution is 5.90. The summed E-state index contributed by atoms with van der Waals surface area (Å²) in [5.41, 5.74) is -0.206. The molecule has 8 heteroatoms. The van der Waals surface area contributed by atoms with Gasteiger partial charge < -0.3 is 14.4 Å². The fourth-order valence-corrected chi connectivity index (χ4v) is 1.55. The van der Waals surface area contributed by atoms with Crippen LogP contribution in [0.4, 0.5) is 10.5 Å². The van der Waals surface area contributed by atoms with Crippen molar-refractivity contribution in [3.8, 4) is 0 Å². The van der Waals surface area contributed by atoms with Crippen LogP contribution < -0.4 is 5.32 Å². The Kier molecular flexibility index (Phi) is 6.69. The lowest BCUT2D eigenvalue weighted by Crippen LogP contribution is -2.28. The Morgan fingerprint density at radius 1 is 1.29 bits per heavy atom. The average Bonchev–Trinajstić information content (AvgIpc) is 2.44.